The fourth-order valence-electron chi connectivity index (χ4n) is 1.70. The predicted molar refractivity (Wildman–Crippen MR) is 46.9 cm³/mol. The molecular formula is C8H14N4. The first-order chi connectivity index (χ1) is 5.90. The highest BCUT2D eigenvalue weighted by molar-refractivity contribution is 5.01. The van der Waals surface area contributed by atoms with E-state index in [2.05, 4.69) is 32.8 Å². The van der Waals surface area contributed by atoms with Gasteiger partial charge in [-0.05, 0) is 6.92 Å². The Morgan fingerprint density at radius 2 is 2.25 bits per heavy atom. The minimum Gasteiger partial charge on any atom is -0.317 e. The lowest BCUT2D eigenvalue weighted by atomic mass is 10.2. The van der Waals surface area contributed by atoms with E-state index >= 15 is 0 Å². The quantitative estimate of drug-likeness (QED) is 0.390. The molecule has 12 heavy (non-hydrogen) atoms. The Morgan fingerprint density at radius 1 is 1.33 bits per heavy atom. The lowest BCUT2D eigenvalue weighted by molar-refractivity contribution is 0.224. The molecule has 0 amide bonds. The number of rotatable bonds is 0. The molecule has 0 bridgehead atoms. The van der Waals surface area contributed by atoms with Gasteiger partial charge in [0.15, 0.2) is 0 Å². The van der Waals surface area contributed by atoms with Gasteiger partial charge in [-0.25, -0.2) is 0 Å². The number of hydrogen-bond donors (Lipinski definition) is 3. The fourth-order valence-corrected chi connectivity index (χ4v) is 1.70. The Kier molecular flexibility index (Phi) is 2.17. The van der Waals surface area contributed by atoms with E-state index in [9.17, 15) is 0 Å². The third-order valence-corrected chi connectivity index (χ3v) is 2.28. The molecule has 0 spiro atoms. The summed E-state index contributed by atoms with van der Waals surface area (Å²) in [5.74, 6) is 2.91. The highest BCUT2D eigenvalue weighted by Crippen LogP contribution is 2.04. The molecule has 66 valence electrons. The Balaban J connectivity index is 1.95. The van der Waals surface area contributed by atoms with E-state index in [1.165, 1.54) is 0 Å². The van der Waals surface area contributed by atoms with Crippen molar-refractivity contribution >= 4 is 0 Å². The summed E-state index contributed by atoms with van der Waals surface area (Å²) in [6, 6.07) is 3.55. The molecule has 0 aromatic carbocycles. The Hall–Kier alpha value is -0.760. The first kappa shape index (κ1) is 7.87. The zero-order chi connectivity index (χ0) is 8.39. The van der Waals surface area contributed by atoms with Crippen LogP contribution in [0.4, 0.5) is 0 Å². The van der Waals surface area contributed by atoms with Crippen LogP contribution < -0.4 is 16.0 Å². The van der Waals surface area contributed by atoms with Crippen LogP contribution in [0.5, 0.6) is 0 Å². The van der Waals surface area contributed by atoms with E-state index in [1.807, 2.05) is 6.92 Å². The standard InChI is InChI=1S/C8H14N4/c1-2-3-12-4-7-8(11-6-12)10-5-9-7/h7-11H,4-6H2,1H3. The van der Waals surface area contributed by atoms with Crippen molar-refractivity contribution < 1.29 is 0 Å². The number of nitrogens with one attached hydrogen (secondary N) is 3. The van der Waals surface area contributed by atoms with Gasteiger partial charge in [0.05, 0.1) is 18.9 Å². The van der Waals surface area contributed by atoms with Crippen molar-refractivity contribution in [2.45, 2.75) is 19.1 Å². The molecule has 2 rings (SSSR count). The van der Waals surface area contributed by atoms with Crippen LogP contribution in [0.25, 0.3) is 0 Å². The SMILES string of the molecule is CC#CN1CNC2NCNC2C1. The number of fused-ring (bicyclic) bond motifs is 1. The maximum Gasteiger partial charge on any atom is 0.0771 e. The molecule has 2 unspecified atom stereocenters. The van der Waals surface area contributed by atoms with Crippen LogP contribution in [0.1, 0.15) is 6.92 Å². The van der Waals surface area contributed by atoms with Gasteiger partial charge in [-0.1, -0.05) is 5.92 Å². The lowest BCUT2D eigenvalue weighted by Crippen LogP contribution is -2.58. The molecule has 2 aliphatic rings. The van der Waals surface area contributed by atoms with Gasteiger partial charge < -0.3 is 4.90 Å². The monoisotopic (exact) mass is 166 g/mol. The smallest absolute Gasteiger partial charge is 0.0771 e. The molecule has 0 saturated carbocycles. The van der Waals surface area contributed by atoms with Gasteiger partial charge in [-0.2, -0.15) is 0 Å². The zero-order valence-corrected chi connectivity index (χ0v) is 7.22. The molecule has 2 fully saturated rings. The Labute approximate surface area is 72.7 Å². The second-order valence-electron chi connectivity index (χ2n) is 3.12. The van der Waals surface area contributed by atoms with Crippen LogP contribution in [0.15, 0.2) is 0 Å². The van der Waals surface area contributed by atoms with Gasteiger partial charge in [0, 0.05) is 19.3 Å². The fraction of sp³-hybridized carbons (Fsp3) is 0.750. The second-order valence-corrected chi connectivity index (χ2v) is 3.12. The van der Waals surface area contributed by atoms with E-state index in [1.54, 1.807) is 0 Å². The van der Waals surface area contributed by atoms with Gasteiger partial charge in [0.2, 0.25) is 0 Å². The third kappa shape index (κ3) is 1.39. The van der Waals surface area contributed by atoms with E-state index in [0.29, 0.717) is 12.2 Å². The minimum atomic E-state index is 0.430. The van der Waals surface area contributed by atoms with Crippen molar-refractivity contribution in [2.24, 2.45) is 0 Å². The molecule has 4 heteroatoms. The van der Waals surface area contributed by atoms with Crippen LogP contribution >= 0.6 is 0 Å². The molecule has 2 atom stereocenters. The van der Waals surface area contributed by atoms with Crippen molar-refractivity contribution in [1.29, 1.82) is 0 Å². The summed E-state index contributed by atoms with van der Waals surface area (Å²) in [6.07, 6.45) is 0.430. The topological polar surface area (TPSA) is 39.3 Å². The molecule has 0 aliphatic carbocycles. The van der Waals surface area contributed by atoms with Crippen LogP contribution in [0.3, 0.4) is 0 Å². The molecular weight excluding hydrogens is 152 g/mol. The van der Waals surface area contributed by atoms with Crippen LogP contribution in [-0.2, 0) is 0 Å². The highest BCUT2D eigenvalue weighted by Gasteiger charge is 2.30. The van der Waals surface area contributed by atoms with Crippen molar-refractivity contribution in [3.05, 3.63) is 0 Å². The Morgan fingerprint density at radius 3 is 3.08 bits per heavy atom. The summed E-state index contributed by atoms with van der Waals surface area (Å²) in [6.45, 7) is 4.63. The summed E-state index contributed by atoms with van der Waals surface area (Å²) >= 11 is 0. The molecule has 2 saturated heterocycles. The minimum absolute atomic E-state index is 0.430. The van der Waals surface area contributed by atoms with Crippen LogP contribution in [0, 0.1) is 12.0 Å². The summed E-state index contributed by atoms with van der Waals surface area (Å²) in [7, 11) is 0. The van der Waals surface area contributed by atoms with E-state index in [4.69, 9.17) is 0 Å². The molecule has 0 radical (unpaired) electrons. The molecule has 2 heterocycles. The molecule has 0 aromatic rings. The van der Waals surface area contributed by atoms with Gasteiger partial charge in [0.25, 0.3) is 0 Å². The second kappa shape index (κ2) is 3.31. The third-order valence-electron chi connectivity index (χ3n) is 2.28. The average molecular weight is 166 g/mol. The van der Waals surface area contributed by atoms with Crippen LogP contribution in [-0.4, -0.2) is 37.0 Å². The van der Waals surface area contributed by atoms with E-state index in [0.717, 1.165) is 19.9 Å². The van der Waals surface area contributed by atoms with E-state index < -0.39 is 0 Å². The number of nitrogens with zero attached hydrogens (tertiary/aromatic N) is 1. The summed E-state index contributed by atoms with van der Waals surface area (Å²) in [4.78, 5) is 2.10. The van der Waals surface area contributed by atoms with Crippen molar-refractivity contribution in [3.8, 4) is 12.0 Å². The van der Waals surface area contributed by atoms with Gasteiger partial charge in [-0.3, -0.25) is 16.0 Å². The van der Waals surface area contributed by atoms with Gasteiger partial charge in [-0.15, -0.1) is 0 Å². The maximum absolute atomic E-state index is 3.37. The average Bonchev–Trinajstić information content (AvgIpc) is 2.51. The summed E-state index contributed by atoms with van der Waals surface area (Å²) in [5.41, 5.74) is 0. The zero-order valence-electron chi connectivity index (χ0n) is 7.22. The summed E-state index contributed by atoms with van der Waals surface area (Å²) in [5, 5.41) is 10.1. The van der Waals surface area contributed by atoms with Gasteiger partial charge in [0.1, 0.15) is 0 Å². The van der Waals surface area contributed by atoms with Crippen molar-refractivity contribution in [3.63, 3.8) is 0 Å². The maximum atomic E-state index is 3.37. The largest absolute Gasteiger partial charge is 0.317 e. The molecule has 3 N–H and O–H groups in total. The Bertz CT molecular complexity index is 217. The number of hydrogen-bond acceptors (Lipinski definition) is 4. The van der Waals surface area contributed by atoms with Crippen molar-refractivity contribution in [2.75, 3.05) is 19.9 Å². The predicted octanol–water partition coefficient (Wildman–Crippen LogP) is -1.33. The highest BCUT2D eigenvalue weighted by atomic mass is 15.4. The normalized spacial score (nSPS) is 33.9. The molecule has 4 nitrogen and oxygen atoms in total. The van der Waals surface area contributed by atoms with Crippen LogP contribution in [0.2, 0.25) is 0 Å². The lowest BCUT2D eigenvalue weighted by Gasteiger charge is -2.32. The first-order valence-electron chi connectivity index (χ1n) is 4.27. The van der Waals surface area contributed by atoms with E-state index in [-0.39, 0.29) is 0 Å². The summed E-state index contributed by atoms with van der Waals surface area (Å²) < 4.78 is 0. The van der Waals surface area contributed by atoms with Crippen molar-refractivity contribution in [1.82, 2.24) is 20.9 Å². The molecule has 0 aromatic heterocycles. The van der Waals surface area contributed by atoms with Gasteiger partial charge >= 0.3 is 0 Å². The molecule has 2 aliphatic heterocycles. The first-order valence-corrected chi connectivity index (χ1v) is 4.27.